The summed E-state index contributed by atoms with van der Waals surface area (Å²) in [5.74, 6) is 1.28. The van der Waals surface area contributed by atoms with E-state index in [2.05, 4.69) is 45.7 Å². The summed E-state index contributed by atoms with van der Waals surface area (Å²) in [6.07, 6.45) is 9.82. The number of nitrogens with zero attached hydrogens (tertiary/aromatic N) is 6. The van der Waals surface area contributed by atoms with Gasteiger partial charge >= 0.3 is 5.76 Å². The standard InChI is InChI=1S/C28H36ClN7O3/c1-16(2)23-11-21(37)15-34(23)28-35(14-18-6-4-17(3)5-7-18)25-22(36(28)26-32-27(38)39-33-26)8-9-31-24(25)19-10-20(29)13-30-12-19/h8-10,12-13,16-18,21,23,28,37H,4-7,11,14-15H2,1-3H3,(H,32,33,38)/t17?,18?,21-,23+,28?/m1/s1. The van der Waals surface area contributed by atoms with E-state index in [1.165, 1.54) is 12.8 Å². The summed E-state index contributed by atoms with van der Waals surface area (Å²) in [5.41, 5.74) is 3.39. The van der Waals surface area contributed by atoms with E-state index < -0.39 is 11.9 Å². The molecule has 1 saturated heterocycles. The fourth-order valence-electron chi connectivity index (χ4n) is 6.69. The third kappa shape index (κ3) is 4.94. The highest BCUT2D eigenvalue weighted by molar-refractivity contribution is 6.30. The predicted octanol–water partition coefficient (Wildman–Crippen LogP) is 4.63. The fourth-order valence-corrected chi connectivity index (χ4v) is 6.87. The number of halogens is 1. The molecule has 0 bridgehead atoms. The van der Waals surface area contributed by atoms with Gasteiger partial charge in [-0.15, -0.1) is 0 Å². The van der Waals surface area contributed by atoms with Crippen molar-refractivity contribution >= 4 is 28.9 Å². The Morgan fingerprint density at radius 1 is 1.23 bits per heavy atom. The highest BCUT2D eigenvalue weighted by Crippen LogP contribution is 2.50. The molecule has 11 heteroatoms. The molecule has 3 aliphatic rings. The zero-order valence-electron chi connectivity index (χ0n) is 22.6. The zero-order valence-corrected chi connectivity index (χ0v) is 23.4. The van der Waals surface area contributed by atoms with Crippen LogP contribution in [0.25, 0.3) is 11.3 Å². The van der Waals surface area contributed by atoms with Crippen LogP contribution in [-0.2, 0) is 0 Å². The zero-order chi connectivity index (χ0) is 27.3. The predicted molar refractivity (Wildman–Crippen MR) is 150 cm³/mol. The Bertz CT molecular complexity index is 1370. The average molecular weight is 554 g/mol. The molecule has 0 radical (unpaired) electrons. The van der Waals surface area contributed by atoms with Gasteiger partial charge in [-0.3, -0.25) is 29.3 Å². The van der Waals surface area contributed by atoms with Crippen LogP contribution < -0.4 is 15.6 Å². The number of fused-ring (bicyclic) bond motifs is 1. The van der Waals surface area contributed by atoms with Crippen molar-refractivity contribution in [2.24, 2.45) is 17.8 Å². The highest BCUT2D eigenvalue weighted by Gasteiger charge is 2.49. The van der Waals surface area contributed by atoms with E-state index in [0.717, 1.165) is 47.9 Å². The monoisotopic (exact) mass is 553 g/mol. The number of anilines is 3. The molecule has 3 atom stereocenters. The summed E-state index contributed by atoms with van der Waals surface area (Å²) >= 11 is 6.37. The molecule has 208 valence electrons. The van der Waals surface area contributed by atoms with E-state index >= 15 is 0 Å². The number of β-amino-alcohol motifs (C(OH)–C–C–N with tert-alkyl or cyclic N) is 1. The van der Waals surface area contributed by atoms with Gasteiger partial charge in [-0.1, -0.05) is 45.2 Å². The Morgan fingerprint density at radius 2 is 2.03 bits per heavy atom. The first-order valence-electron chi connectivity index (χ1n) is 14.0. The summed E-state index contributed by atoms with van der Waals surface area (Å²) < 4.78 is 4.99. The van der Waals surface area contributed by atoms with E-state index in [1.807, 2.05) is 17.0 Å². The number of nitrogens with one attached hydrogen (secondary N) is 1. The molecule has 2 fully saturated rings. The number of aromatic amines is 1. The lowest BCUT2D eigenvalue weighted by Crippen LogP contribution is -2.57. The molecular formula is C28H36ClN7O3. The SMILES string of the molecule is CC1CCC(CN2c3c(ccnc3-c3cncc(Cl)c3)N(c3noc(=O)[nH]3)C2N2C[C@H](O)C[C@H]2C(C)C)CC1. The molecule has 2 N–H and O–H groups in total. The summed E-state index contributed by atoms with van der Waals surface area (Å²) in [7, 11) is 0. The highest BCUT2D eigenvalue weighted by atomic mass is 35.5. The Hall–Kier alpha value is -2.95. The van der Waals surface area contributed by atoms with Crippen molar-refractivity contribution in [1.29, 1.82) is 0 Å². The quantitative estimate of drug-likeness (QED) is 0.450. The van der Waals surface area contributed by atoms with Crippen molar-refractivity contribution in [1.82, 2.24) is 25.0 Å². The maximum atomic E-state index is 12.2. The number of H-pyrrole nitrogens is 1. The Labute approximate surface area is 233 Å². The van der Waals surface area contributed by atoms with Gasteiger partial charge in [-0.2, -0.15) is 0 Å². The van der Waals surface area contributed by atoms with Crippen LogP contribution in [0.1, 0.15) is 52.9 Å². The van der Waals surface area contributed by atoms with Crippen LogP contribution in [-0.4, -0.2) is 61.6 Å². The largest absolute Gasteiger partial charge is 0.440 e. The number of aliphatic hydroxyl groups is 1. The first-order valence-corrected chi connectivity index (χ1v) is 14.3. The van der Waals surface area contributed by atoms with E-state index in [9.17, 15) is 9.90 Å². The van der Waals surface area contributed by atoms with Gasteiger partial charge in [0.15, 0.2) is 6.29 Å². The van der Waals surface area contributed by atoms with Gasteiger partial charge in [-0.25, -0.2) is 4.79 Å². The molecule has 2 aliphatic heterocycles. The molecule has 6 rings (SSSR count). The van der Waals surface area contributed by atoms with E-state index in [-0.39, 0.29) is 12.3 Å². The van der Waals surface area contributed by atoms with Crippen molar-refractivity contribution in [2.75, 3.05) is 22.9 Å². The van der Waals surface area contributed by atoms with Crippen molar-refractivity contribution in [3.8, 4) is 11.3 Å². The summed E-state index contributed by atoms with van der Waals surface area (Å²) in [6, 6.07) is 3.97. The Balaban J connectivity index is 1.53. The van der Waals surface area contributed by atoms with Crippen LogP contribution in [0.2, 0.25) is 5.02 Å². The molecule has 0 aromatic carbocycles. The van der Waals surface area contributed by atoms with Crippen LogP contribution in [0.4, 0.5) is 17.3 Å². The van der Waals surface area contributed by atoms with Gasteiger partial charge in [0.1, 0.15) is 0 Å². The average Bonchev–Trinajstić information content (AvgIpc) is 3.60. The lowest BCUT2D eigenvalue weighted by Gasteiger charge is -2.43. The topological polar surface area (TPSA) is 115 Å². The normalized spacial score (nSPS) is 27.5. The lowest BCUT2D eigenvalue weighted by atomic mass is 9.82. The van der Waals surface area contributed by atoms with E-state index in [1.54, 1.807) is 18.6 Å². The summed E-state index contributed by atoms with van der Waals surface area (Å²) in [4.78, 5) is 30.9. The molecule has 3 aromatic heterocycles. The Kier molecular flexibility index (Phi) is 7.11. The van der Waals surface area contributed by atoms with Crippen molar-refractivity contribution in [3.63, 3.8) is 0 Å². The molecule has 1 unspecified atom stereocenters. The second-order valence-electron chi connectivity index (χ2n) is 11.7. The van der Waals surface area contributed by atoms with Gasteiger partial charge in [0.05, 0.1) is 28.2 Å². The smallest absolute Gasteiger partial charge is 0.392 e. The van der Waals surface area contributed by atoms with Crippen LogP contribution in [0, 0.1) is 17.8 Å². The van der Waals surface area contributed by atoms with Crippen LogP contribution in [0.3, 0.4) is 0 Å². The van der Waals surface area contributed by atoms with Crippen LogP contribution in [0.15, 0.2) is 40.0 Å². The molecular weight excluding hydrogens is 518 g/mol. The van der Waals surface area contributed by atoms with Crippen LogP contribution in [0.5, 0.6) is 0 Å². The minimum absolute atomic E-state index is 0.138. The van der Waals surface area contributed by atoms with Gasteiger partial charge < -0.3 is 10.0 Å². The molecule has 0 amide bonds. The van der Waals surface area contributed by atoms with E-state index in [4.69, 9.17) is 21.1 Å². The van der Waals surface area contributed by atoms with Crippen molar-refractivity contribution in [3.05, 3.63) is 46.3 Å². The molecule has 0 spiro atoms. The van der Waals surface area contributed by atoms with Gasteiger partial charge in [-0.05, 0) is 54.3 Å². The fraction of sp³-hybridized carbons (Fsp3) is 0.571. The maximum Gasteiger partial charge on any atom is 0.440 e. The summed E-state index contributed by atoms with van der Waals surface area (Å²) in [5, 5.41) is 15.5. The third-order valence-electron chi connectivity index (χ3n) is 8.61. The number of rotatable bonds is 6. The molecule has 10 nitrogen and oxygen atoms in total. The second-order valence-corrected chi connectivity index (χ2v) is 12.2. The lowest BCUT2D eigenvalue weighted by molar-refractivity contribution is 0.129. The molecule has 1 saturated carbocycles. The summed E-state index contributed by atoms with van der Waals surface area (Å²) in [6.45, 7) is 8.04. The van der Waals surface area contributed by atoms with E-state index in [0.29, 0.717) is 35.8 Å². The molecule has 39 heavy (non-hydrogen) atoms. The Morgan fingerprint density at radius 3 is 2.72 bits per heavy atom. The number of hydrogen-bond acceptors (Lipinski definition) is 9. The molecule has 1 aliphatic carbocycles. The molecule has 3 aromatic rings. The number of aromatic nitrogens is 4. The first-order chi connectivity index (χ1) is 18.8. The number of aliphatic hydroxyl groups excluding tert-OH is 1. The van der Waals surface area contributed by atoms with Crippen molar-refractivity contribution in [2.45, 2.75) is 71.3 Å². The minimum atomic E-state index is -0.611. The minimum Gasteiger partial charge on any atom is -0.392 e. The van der Waals surface area contributed by atoms with Crippen LogP contribution >= 0.6 is 11.6 Å². The first kappa shape index (κ1) is 26.3. The number of likely N-dealkylation sites (tertiary alicyclic amines) is 1. The molecule has 5 heterocycles. The maximum absolute atomic E-state index is 12.2. The second kappa shape index (κ2) is 10.6. The number of pyridine rings is 2. The van der Waals surface area contributed by atoms with Gasteiger partial charge in [0.2, 0.25) is 0 Å². The van der Waals surface area contributed by atoms with Gasteiger partial charge in [0, 0.05) is 43.3 Å². The van der Waals surface area contributed by atoms with Gasteiger partial charge in [0.25, 0.3) is 5.95 Å². The number of hydrogen-bond donors (Lipinski definition) is 2. The third-order valence-corrected chi connectivity index (χ3v) is 8.82. The van der Waals surface area contributed by atoms with Crippen molar-refractivity contribution < 1.29 is 9.63 Å².